The van der Waals surface area contributed by atoms with Gasteiger partial charge in [0.15, 0.2) is 0 Å². The molecule has 6 nitrogen and oxygen atoms in total. The molecule has 2 rings (SSSR count). The molecule has 126 valence electrons. The molecule has 2 aromatic heterocycles. The van der Waals surface area contributed by atoms with E-state index in [0.717, 1.165) is 29.5 Å². The third kappa shape index (κ3) is 5.35. The second-order valence-corrected chi connectivity index (χ2v) is 7.16. The van der Waals surface area contributed by atoms with Gasteiger partial charge in [0.2, 0.25) is 0 Å². The lowest BCUT2D eigenvalue weighted by atomic mass is 10.2. The van der Waals surface area contributed by atoms with E-state index in [4.69, 9.17) is 0 Å². The van der Waals surface area contributed by atoms with Crippen LogP contribution in [0.5, 0.6) is 0 Å². The molecule has 23 heavy (non-hydrogen) atoms. The van der Waals surface area contributed by atoms with Crippen molar-refractivity contribution in [3.8, 4) is 0 Å². The van der Waals surface area contributed by atoms with Crippen LogP contribution in [0.15, 0.2) is 12.4 Å². The van der Waals surface area contributed by atoms with Crippen molar-refractivity contribution in [3.05, 3.63) is 33.8 Å². The summed E-state index contributed by atoms with van der Waals surface area (Å²) in [4.78, 5) is 21.7. The van der Waals surface area contributed by atoms with E-state index < -0.39 is 0 Å². The van der Waals surface area contributed by atoms with Crippen molar-refractivity contribution in [1.29, 1.82) is 0 Å². The Bertz CT molecular complexity index is 629. The van der Waals surface area contributed by atoms with Crippen molar-refractivity contribution in [3.63, 3.8) is 0 Å². The first-order chi connectivity index (χ1) is 11.0. The van der Waals surface area contributed by atoms with Gasteiger partial charge >= 0.3 is 6.03 Å². The summed E-state index contributed by atoms with van der Waals surface area (Å²) in [7, 11) is 0. The third-order valence-electron chi connectivity index (χ3n) is 3.74. The lowest BCUT2D eigenvalue weighted by Gasteiger charge is -2.14. The normalized spacial score (nSPS) is 12.2. The Hall–Kier alpha value is -1.89. The Kier molecular flexibility index (Phi) is 6.15. The van der Waals surface area contributed by atoms with Gasteiger partial charge in [-0.1, -0.05) is 6.92 Å². The maximum absolute atomic E-state index is 11.8. The van der Waals surface area contributed by atoms with Crippen LogP contribution in [0.2, 0.25) is 0 Å². The molecule has 0 aliphatic heterocycles. The molecule has 2 amide bonds. The highest BCUT2D eigenvalue weighted by Crippen LogP contribution is 2.16. The van der Waals surface area contributed by atoms with Gasteiger partial charge in [-0.25, -0.2) is 14.8 Å². The molecule has 0 aromatic carbocycles. The van der Waals surface area contributed by atoms with Crippen LogP contribution in [-0.4, -0.2) is 33.7 Å². The molecule has 2 N–H and O–H groups in total. The molecule has 0 spiro atoms. The Morgan fingerprint density at radius 1 is 1.35 bits per heavy atom. The van der Waals surface area contributed by atoms with Gasteiger partial charge in [-0.15, -0.1) is 11.3 Å². The quantitative estimate of drug-likeness (QED) is 0.816. The molecule has 7 heteroatoms. The second-order valence-electron chi connectivity index (χ2n) is 5.87. The van der Waals surface area contributed by atoms with E-state index in [9.17, 15) is 4.79 Å². The predicted octanol–water partition coefficient (Wildman–Crippen LogP) is 2.44. The van der Waals surface area contributed by atoms with Crippen molar-refractivity contribution in [2.75, 3.05) is 13.1 Å². The fraction of sp³-hybridized carbons (Fsp3) is 0.562. The lowest BCUT2D eigenvalue weighted by Crippen LogP contribution is -2.39. The van der Waals surface area contributed by atoms with E-state index in [1.54, 1.807) is 17.5 Å². The third-order valence-corrected chi connectivity index (χ3v) is 4.87. The first kappa shape index (κ1) is 17.5. The number of nitrogens with one attached hydrogen (secondary N) is 2. The van der Waals surface area contributed by atoms with Gasteiger partial charge in [0.1, 0.15) is 5.82 Å². The van der Waals surface area contributed by atoms with E-state index in [0.29, 0.717) is 19.0 Å². The zero-order chi connectivity index (χ0) is 16.8. The molecule has 0 saturated carbocycles. The summed E-state index contributed by atoms with van der Waals surface area (Å²) in [5.41, 5.74) is 1.08. The molecular formula is C16H25N5OS. The van der Waals surface area contributed by atoms with E-state index in [1.807, 2.05) is 20.0 Å². The van der Waals surface area contributed by atoms with Crippen LogP contribution in [0.25, 0.3) is 0 Å². The molecule has 0 aliphatic rings. The Morgan fingerprint density at radius 2 is 2.13 bits per heavy atom. The second kappa shape index (κ2) is 8.10. The Labute approximate surface area is 141 Å². The van der Waals surface area contributed by atoms with Crippen LogP contribution in [0.4, 0.5) is 4.79 Å². The average molecular weight is 335 g/mol. The number of hydrogen-bond acceptors (Lipinski definition) is 4. The van der Waals surface area contributed by atoms with E-state index in [-0.39, 0.29) is 6.03 Å². The van der Waals surface area contributed by atoms with Gasteiger partial charge in [0.25, 0.3) is 0 Å². The highest BCUT2D eigenvalue weighted by Gasteiger charge is 2.08. The minimum absolute atomic E-state index is 0.121. The topological polar surface area (TPSA) is 71.8 Å². The minimum Gasteiger partial charge on any atom is -0.338 e. The number of rotatable bonds is 7. The molecule has 1 unspecified atom stereocenters. The van der Waals surface area contributed by atoms with Gasteiger partial charge in [-0.2, -0.15) is 0 Å². The summed E-state index contributed by atoms with van der Waals surface area (Å²) in [5.74, 6) is 1.34. The molecule has 1 atom stereocenters. The standard InChI is InChI=1S/C16H25N5OS/c1-11(10-21-8-7-17-14(21)4)9-19-16(22)18-6-5-15-20-12(2)13(3)23-15/h7-8,11H,5-6,9-10H2,1-4H3,(H2,18,19,22). The molecule has 0 fully saturated rings. The summed E-state index contributed by atoms with van der Waals surface area (Å²) in [6, 6.07) is -0.121. The molecular weight excluding hydrogens is 310 g/mol. The number of hydrogen-bond donors (Lipinski definition) is 2. The van der Waals surface area contributed by atoms with Crippen molar-refractivity contribution in [2.45, 2.75) is 40.7 Å². The van der Waals surface area contributed by atoms with Crippen LogP contribution in [0.1, 0.15) is 28.3 Å². The summed E-state index contributed by atoms with van der Waals surface area (Å²) >= 11 is 1.70. The lowest BCUT2D eigenvalue weighted by molar-refractivity contribution is 0.238. The van der Waals surface area contributed by atoms with Gasteiger partial charge in [0.05, 0.1) is 10.7 Å². The number of nitrogens with zero attached hydrogens (tertiary/aromatic N) is 3. The number of thiazole rings is 1. The van der Waals surface area contributed by atoms with Crippen LogP contribution >= 0.6 is 11.3 Å². The smallest absolute Gasteiger partial charge is 0.314 e. The highest BCUT2D eigenvalue weighted by atomic mass is 32.1. The SMILES string of the molecule is Cc1nc(CCNC(=O)NCC(C)Cn2ccnc2C)sc1C. The van der Waals surface area contributed by atoms with Crippen LogP contribution < -0.4 is 10.6 Å². The van der Waals surface area contributed by atoms with Crippen LogP contribution in [0, 0.1) is 26.7 Å². The number of carbonyl (C=O) groups is 1. The molecule has 0 bridgehead atoms. The summed E-state index contributed by atoms with van der Waals surface area (Å²) < 4.78 is 2.09. The van der Waals surface area contributed by atoms with E-state index in [1.165, 1.54) is 4.88 Å². The summed E-state index contributed by atoms with van der Waals surface area (Å²) in [6.07, 6.45) is 4.53. The first-order valence-electron chi connectivity index (χ1n) is 7.88. The number of aromatic nitrogens is 3. The Morgan fingerprint density at radius 3 is 2.74 bits per heavy atom. The summed E-state index contributed by atoms with van der Waals surface area (Å²) in [6.45, 7) is 10.3. The zero-order valence-electron chi connectivity index (χ0n) is 14.2. The minimum atomic E-state index is -0.121. The van der Waals surface area contributed by atoms with Gasteiger partial charge in [-0.3, -0.25) is 0 Å². The van der Waals surface area contributed by atoms with Crippen molar-refractivity contribution in [2.24, 2.45) is 5.92 Å². The maximum atomic E-state index is 11.8. The average Bonchev–Trinajstić information content (AvgIpc) is 3.03. The largest absolute Gasteiger partial charge is 0.338 e. The van der Waals surface area contributed by atoms with Crippen molar-refractivity contribution < 1.29 is 4.79 Å². The number of urea groups is 1. The van der Waals surface area contributed by atoms with Crippen LogP contribution in [-0.2, 0) is 13.0 Å². The van der Waals surface area contributed by atoms with Gasteiger partial charge in [0, 0.05) is 43.3 Å². The first-order valence-corrected chi connectivity index (χ1v) is 8.69. The molecule has 2 aromatic rings. The number of carbonyl (C=O) groups excluding carboxylic acids is 1. The molecule has 0 radical (unpaired) electrons. The van der Waals surface area contributed by atoms with E-state index in [2.05, 4.69) is 39.0 Å². The zero-order valence-corrected chi connectivity index (χ0v) is 15.0. The fourth-order valence-electron chi connectivity index (χ4n) is 2.26. The van der Waals surface area contributed by atoms with E-state index >= 15 is 0 Å². The number of amides is 2. The summed E-state index contributed by atoms with van der Waals surface area (Å²) in [5, 5.41) is 6.87. The Balaban J connectivity index is 1.64. The predicted molar refractivity (Wildman–Crippen MR) is 92.8 cm³/mol. The van der Waals surface area contributed by atoms with Crippen molar-refractivity contribution in [1.82, 2.24) is 25.2 Å². The molecule has 2 heterocycles. The fourth-order valence-corrected chi connectivity index (χ4v) is 3.19. The molecule has 0 saturated heterocycles. The van der Waals surface area contributed by atoms with Crippen LogP contribution in [0.3, 0.4) is 0 Å². The van der Waals surface area contributed by atoms with Gasteiger partial charge in [-0.05, 0) is 26.7 Å². The number of imidazole rings is 1. The van der Waals surface area contributed by atoms with Crippen molar-refractivity contribution >= 4 is 17.4 Å². The molecule has 0 aliphatic carbocycles. The monoisotopic (exact) mass is 335 g/mol. The van der Waals surface area contributed by atoms with Gasteiger partial charge < -0.3 is 15.2 Å². The maximum Gasteiger partial charge on any atom is 0.314 e. The highest BCUT2D eigenvalue weighted by molar-refractivity contribution is 7.11. The number of aryl methyl sites for hydroxylation is 3.